The molecule has 0 saturated heterocycles. The van der Waals surface area contributed by atoms with Crippen molar-refractivity contribution in [2.24, 2.45) is 0 Å². The van der Waals surface area contributed by atoms with E-state index < -0.39 is 6.10 Å². The van der Waals surface area contributed by atoms with E-state index in [0.717, 1.165) is 5.56 Å². The molecule has 1 aromatic carbocycles. The van der Waals surface area contributed by atoms with Gasteiger partial charge in [0, 0.05) is 19.6 Å². The molecule has 0 aromatic heterocycles. The van der Waals surface area contributed by atoms with Crippen LogP contribution in [0.3, 0.4) is 0 Å². The standard InChI is InChI=1S/C15H22O5/c1-3-18-9-10-20-15(17)14(19-4-2)11-12-5-7-13(16)8-6-12/h5-8,14,16H,3-4,9-11H2,1-2H3. The van der Waals surface area contributed by atoms with E-state index in [4.69, 9.17) is 14.2 Å². The molecule has 0 spiro atoms. The Labute approximate surface area is 119 Å². The summed E-state index contributed by atoms with van der Waals surface area (Å²) in [5.41, 5.74) is 0.906. The molecule has 0 heterocycles. The quantitative estimate of drug-likeness (QED) is 0.554. The number of phenolic OH excluding ortho intramolecular Hbond substituents is 1. The first kappa shape index (κ1) is 16.5. The minimum Gasteiger partial charge on any atom is -0.508 e. The molecule has 5 heteroatoms. The second kappa shape index (κ2) is 9.34. The molecule has 20 heavy (non-hydrogen) atoms. The zero-order valence-electron chi connectivity index (χ0n) is 12.0. The summed E-state index contributed by atoms with van der Waals surface area (Å²) >= 11 is 0. The summed E-state index contributed by atoms with van der Waals surface area (Å²) in [6, 6.07) is 6.68. The van der Waals surface area contributed by atoms with Crippen LogP contribution in [-0.4, -0.2) is 43.6 Å². The van der Waals surface area contributed by atoms with Crippen LogP contribution in [0.1, 0.15) is 19.4 Å². The van der Waals surface area contributed by atoms with Crippen LogP contribution < -0.4 is 0 Å². The van der Waals surface area contributed by atoms with Crippen molar-refractivity contribution < 1.29 is 24.1 Å². The van der Waals surface area contributed by atoms with Gasteiger partial charge in [0.1, 0.15) is 12.4 Å². The van der Waals surface area contributed by atoms with Gasteiger partial charge in [0.15, 0.2) is 6.10 Å². The van der Waals surface area contributed by atoms with Crippen LogP contribution in [0.5, 0.6) is 5.75 Å². The average Bonchev–Trinajstić information content (AvgIpc) is 2.45. The number of ether oxygens (including phenoxy) is 3. The molecule has 0 amide bonds. The number of carbonyl (C=O) groups excluding carboxylic acids is 1. The Morgan fingerprint density at radius 3 is 2.45 bits per heavy atom. The van der Waals surface area contributed by atoms with Gasteiger partial charge in [-0.25, -0.2) is 4.79 Å². The number of rotatable bonds is 9. The van der Waals surface area contributed by atoms with E-state index in [1.807, 2.05) is 13.8 Å². The van der Waals surface area contributed by atoms with Crippen LogP contribution in [0.25, 0.3) is 0 Å². The van der Waals surface area contributed by atoms with Gasteiger partial charge in [-0.3, -0.25) is 0 Å². The third kappa shape index (κ3) is 6.04. The van der Waals surface area contributed by atoms with E-state index in [0.29, 0.717) is 26.2 Å². The van der Waals surface area contributed by atoms with Crippen LogP contribution in [0.15, 0.2) is 24.3 Å². The molecule has 1 N–H and O–H groups in total. The minimum atomic E-state index is -0.633. The lowest BCUT2D eigenvalue weighted by Gasteiger charge is -2.16. The fourth-order valence-electron chi connectivity index (χ4n) is 1.70. The Morgan fingerprint density at radius 2 is 1.85 bits per heavy atom. The SMILES string of the molecule is CCOCCOC(=O)C(Cc1ccc(O)cc1)OCC. The average molecular weight is 282 g/mol. The van der Waals surface area contributed by atoms with Crippen molar-refractivity contribution in [2.75, 3.05) is 26.4 Å². The van der Waals surface area contributed by atoms with Gasteiger partial charge in [-0.1, -0.05) is 12.1 Å². The first-order valence-electron chi connectivity index (χ1n) is 6.81. The van der Waals surface area contributed by atoms with E-state index >= 15 is 0 Å². The number of hydrogen-bond acceptors (Lipinski definition) is 5. The van der Waals surface area contributed by atoms with Gasteiger partial charge < -0.3 is 19.3 Å². The Kier molecular flexibility index (Phi) is 7.69. The summed E-state index contributed by atoms with van der Waals surface area (Å²) in [7, 11) is 0. The molecule has 5 nitrogen and oxygen atoms in total. The Hall–Kier alpha value is -1.59. The highest BCUT2D eigenvalue weighted by Crippen LogP contribution is 2.13. The summed E-state index contributed by atoms with van der Waals surface area (Å²) in [5.74, 6) is -0.194. The van der Waals surface area contributed by atoms with Crippen molar-refractivity contribution in [2.45, 2.75) is 26.4 Å². The zero-order chi connectivity index (χ0) is 14.8. The number of carbonyl (C=O) groups is 1. The minimum absolute atomic E-state index is 0.195. The first-order valence-corrected chi connectivity index (χ1v) is 6.81. The molecule has 1 unspecified atom stereocenters. The fourth-order valence-corrected chi connectivity index (χ4v) is 1.70. The normalized spacial score (nSPS) is 12.1. The van der Waals surface area contributed by atoms with Crippen molar-refractivity contribution in [3.63, 3.8) is 0 Å². The highest BCUT2D eigenvalue weighted by molar-refractivity contribution is 5.75. The van der Waals surface area contributed by atoms with Gasteiger partial charge in [0.25, 0.3) is 0 Å². The van der Waals surface area contributed by atoms with E-state index in [-0.39, 0.29) is 18.3 Å². The predicted molar refractivity (Wildman–Crippen MR) is 74.7 cm³/mol. The first-order chi connectivity index (χ1) is 9.67. The number of phenols is 1. The summed E-state index contributed by atoms with van der Waals surface area (Å²) in [5, 5.41) is 9.23. The van der Waals surface area contributed by atoms with Gasteiger partial charge in [0.2, 0.25) is 0 Å². The molecule has 0 fully saturated rings. The fraction of sp³-hybridized carbons (Fsp3) is 0.533. The van der Waals surface area contributed by atoms with E-state index in [2.05, 4.69) is 0 Å². The summed E-state index contributed by atoms with van der Waals surface area (Å²) < 4.78 is 15.6. The van der Waals surface area contributed by atoms with Crippen molar-refractivity contribution in [1.82, 2.24) is 0 Å². The van der Waals surface area contributed by atoms with Crippen molar-refractivity contribution in [3.05, 3.63) is 29.8 Å². The Balaban J connectivity index is 2.50. The largest absolute Gasteiger partial charge is 0.508 e. The number of esters is 1. The molecule has 112 valence electrons. The lowest BCUT2D eigenvalue weighted by molar-refractivity contribution is -0.158. The van der Waals surface area contributed by atoms with Crippen LogP contribution in [0.2, 0.25) is 0 Å². The Bertz CT molecular complexity index is 388. The zero-order valence-corrected chi connectivity index (χ0v) is 12.0. The Morgan fingerprint density at radius 1 is 1.15 bits per heavy atom. The summed E-state index contributed by atoms with van der Waals surface area (Å²) in [6.45, 7) is 5.36. The number of hydrogen-bond donors (Lipinski definition) is 1. The van der Waals surface area contributed by atoms with Crippen molar-refractivity contribution >= 4 is 5.97 Å². The van der Waals surface area contributed by atoms with Crippen LogP contribution in [0.4, 0.5) is 0 Å². The van der Waals surface area contributed by atoms with Crippen LogP contribution in [-0.2, 0) is 25.4 Å². The highest BCUT2D eigenvalue weighted by atomic mass is 16.6. The lowest BCUT2D eigenvalue weighted by Crippen LogP contribution is -2.30. The second-order valence-corrected chi connectivity index (χ2v) is 4.18. The lowest BCUT2D eigenvalue weighted by atomic mass is 10.1. The third-order valence-electron chi connectivity index (χ3n) is 2.66. The predicted octanol–water partition coefficient (Wildman–Crippen LogP) is 1.92. The molecule has 0 aliphatic rings. The smallest absolute Gasteiger partial charge is 0.335 e. The second-order valence-electron chi connectivity index (χ2n) is 4.18. The van der Waals surface area contributed by atoms with Gasteiger partial charge in [-0.05, 0) is 31.5 Å². The van der Waals surface area contributed by atoms with E-state index in [1.165, 1.54) is 0 Å². The third-order valence-corrected chi connectivity index (χ3v) is 2.66. The van der Waals surface area contributed by atoms with Crippen LogP contribution >= 0.6 is 0 Å². The maximum absolute atomic E-state index is 11.9. The maximum atomic E-state index is 11.9. The molecule has 0 bridgehead atoms. The molecule has 0 aliphatic heterocycles. The van der Waals surface area contributed by atoms with E-state index in [9.17, 15) is 9.90 Å². The molecule has 0 aliphatic carbocycles. The van der Waals surface area contributed by atoms with Gasteiger partial charge in [-0.2, -0.15) is 0 Å². The van der Waals surface area contributed by atoms with Crippen LogP contribution in [0, 0.1) is 0 Å². The molecule has 0 saturated carbocycles. The monoisotopic (exact) mass is 282 g/mol. The topological polar surface area (TPSA) is 65.0 Å². The maximum Gasteiger partial charge on any atom is 0.335 e. The molecular formula is C15H22O5. The number of benzene rings is 1. The van der Waals surface area contributed by atoms with Crippen molar-refractivity contribution in [1.29, 1.82) is 0 Å². The highest BCUT2D eigenvalue weighted by Gasteiger charge is 2.20. The number of aromatic hydroxyl groups is 1. The molecule has 1 rings (SSSR count). The summed E-state index contributed by atoms with van der Waals surface area (Å²) in [4.78, 5) is 11.9. The van der Waals surface area contributed by atoms with E-state index in [1.54, 1.807) is 24.3 Å². The molecule has 1 atom stereocenters. The molecule has 1 aromatic rings. The summed E-state index contributed by atoms with van der Waals surface area (Å²) in [6.07, 6.45) is -0.215. The van der Waals surface area contributed by atoms with Gasteiger partial charge in [0.05, 0.1) is 6.61 Å². The van der Waals surface area contributed by atoms with Gasteiger partial charge >= 0.3 is 5.97 Å². The molecule has 0 radical (unpaired) electrons. The van der Waals surface area contributed by atoms with Gasteiger partial charge in [-0.15, -0.1) is 0 Å². The molecular weight excluding hydrogens is 260 g/mol. The van der Waals surface area contributed by atoms with Crippen molar-refractivity contribution in [3.8, 4) is 5.75 Å².